The molecule has 0 saturated carbocycles. The highest BCUT2D eigenvalue weighted by Gasteiger charge is 2.18. The SMILES string of the molecule is O=C(O)Nc1ccc2c(Sc3ccccc3[N+](=O)[O-])cn(Cc3cc(F)cc(F)c3)c2c1. The Labute approximate surface area is 184 Å². The molecule has 1 heterocycles. The van der Waals surface area contributed by atoms with Crippen LogP contribution < -0.4 is 5.32 Å². The second-order valence-electron chi connectivity index (χ2n) is 6.89. The van der Waals surface area contributed by atoms with Gasteiger partial charge in [0.1, 0.15) is 11.6 Å². The van der Waals surface area contributed by atoms with Crippen LogP contribution in [-0.2, 0) is 6.54 Å². The van der Waals surface area contributed by atoms with Crippen LogP contribution >= 0.6 is 11.8 Å². The van der Waals surface area contributed by atoms with Crippen LogP contribution in [0.5, 0.6) is 0 Å². The van der Waals surface area contributed by atoms with Crippen LogP contribution in [0.3, 0.4) is 0 Å². The Morgan fingerprint density at radius 3 is 2.47 bits per heavy atom. The molecule has 7 nitrogen and oxygen atoms in total. The lowest BCUT2D eigenvalue weighted by Gasteiger charge is -2.08. The average molecular weight is 455 g/mol. The van der Waals surface area contributed by atoms with Crippen molar-refractivity contribution in [2.45, 2.75) is 16.3 Å². The van der Waals surface area contributed by atoms with Crippen LogP contribution in [0.2, 0.25) is 0 Å². The van der Waals surface area contributed by atoms with Gasteiger partial charge in [-0.25, -0.2) is 13.6 Å². The number of rotatable bonds is 6. The number of nitrogens with zero attached hydrogens (tertiary/aromatic N) is 2. The maximum absolute atomic E-state index is 13.7. The molecule has 0 aliphatic heterocycles. The molecule has 0 atom stereocenters. The summed E-state index contributed by atoms with van der Waals surface area (Å²) in [6.45, 7) is 0.110. The zero-order valence-corrected chi connectivity index (χ0v) is 17.1. The molecule has 1 aromatic heterocycles. The minimum Gasteiger partial charge on any atom is -0.465 e. The Hall–Kier alpha value is -3.92. The number of nitro groups is 1. The molecule has 1 amide bonds. The van der Waals surface area contributed by atoms with Crippen molar-refractivity contribution in [1.82, 2.24) is 4.57 Å². The van der Waals surface area contributed by atoms with Crippen molar-refractivity contribution in [3.8, 4) is 0 Å². The lowest BCUT2D eigenvalue weighted by molar-refractivity contribution is -0.387. The summed E-state index contributed by atoms with van der Waals surface area (Å²) >= 11 is 1.18. The number of carbonyl (C=O) groups is 1. The smallest absolute Gasteiger partial charge is 0.409 e. The number of amides is 1. The largest absolute Gasteiger partial charge is 0.465 e. The molecule has 0 radical (unpaired) electrons. The van der Waals surface area contributed by atoms with E-state index in [-0.39, 0.29) is 12.2 Å². The molecule has 0 unspecified atom stereocenters. The molecule has 0 fully saturated rings. The van der Waals surface area contributed by atoms with Crippen LogP contribution in [0.25, 0.3) is 10.9 Å². The number of halogens is 2. The quantitative estimate of drug-likeness (QED) is 0.270. The molecule has 4 aromatic rings. The highest BCUT2D eigenvalue weighted by atomic mass is 32.2. The molecule has 0 aliphatic carbocycles. The average Bonchev–Trinajstić information content (AvgIpc) is 3.03. The van der Waals surface area contributed by atoms with E-state index in [0.29, 0.717) is 31.9 Å². The van der Waals surface area contributed by atoms with Crippen molar-refractivity contribution >= 4 is 40.1 Å². The molecule has 3 aromatic carbocycles. The zero-order valence-electron chi connectivity index (χ0n) is 16.3. The molecular formula is C22H15F2N3O4S. The molecule has 0 bridgehead atoms. The first-order chi connectivity index (χ1) is 15.3. The molecule has 162 valence electrons. The van der Waals surface area contributed by atoms with Gasteiger partial charge in [0.05, 0.1) is 15.3 Å². The van der Waals surface area contributed by atoms with Crippen molar-refractivity contribution in [2.24, 2.45) is 0 Å². The Morgan fingerprint density at radius 2 is 1.78 bits per heavy atom. The summed E-state index contributed by atoms with van der Waals surface area (Å²) in [6, 6.07) is 14.4. The van der Waals surface area contributed by atoms with Crippen LogP contribution in [0.4, 0.5) is 25.0 Å². The molecule has 10 heteroatoms. The maximum Gasteiger partial charge on any atom is 0.409 e. The molecule has 0 saturated heterocycles. The topological polar surface area (TPSA) is 97.4 Å². The van der Waals surface area contributed by atoms with Crippen molar-refractivity contribution in [3.63, 3.8) is 0 Å². The maximum atomic E-state index is 13.7. The minimum atomic E-state index is -1.23. The van der Waals surface area contributed by atoms with Gasteiger partial charge in [-0.15, -0.1) is 0 Å². The van der Waals surface area contributed by atoms with E-state index in [1.165, 1.54) is 30.0 Å². The number of aromatic nitrogens is 1. The van der Waals surface area contributed by atoms with E-state index in [1.807, 2.05) is 0 Å². The summed E-state index contributed by atoms with van der Waals surface area (Å²) in [7, 11) is 0. The van der Waals surface area contributed by atoms with E-state index in [1.54, 1.807) is 47.2 Å². The minimum absolute atomic E-state index is 0.0465. The van der Waals surface area contributed by atoms with Gasteiger partial charge in [-0.3, -0.25) is 15.4 Å². The summed E-state index contributed by atoms with van der Waals surface area (Å²) in [4.78, 5) is 23.1. The summed E-state index contributed by atoms with van der Waals surface area (Å²) < 4.78 is 29.1. The van der Waals surface area contributed by atoms with Gasteiger partial charge in [0.15, 0.2) is 0 Å². The number of anilines is 1. The summed E-state index contributed by atoms with van der Waals surface area (Å²) in [5, 5.41) is 23.4. The predicted molar refractivity (Wildman–Crippen MR) is 116 cm³/mol. The standard InChI is InChI=1S/C22H15F2N3O4S/c23-14-7-13(8-15(24)9-14)11-26-12-21(32-20-4-2-1-3-18(20)27(30)31)17-6-5-16(10-19(17)26)25-22(28)29/h1-10,12,25H,11H2,(H,28,29). The number of para-hydroxylation sites is 1. The Morgan fingerprint density at radius 1 is 1.06 bits per heavy atom. The molecule has 0 spiro atoms. The zero-order chi connectivity index (χ0) is 22.8. The Balaban J connectivity index is 1.81. The Kier molecular flexibility index (Phi) is 5.78. The molecular weight excluding hydrogens is 440 g/mol. The third kappa shape index (κ3) is 4.54. The van der Waals surface area contributed by atoms with E-state index < -0.39 is 22.7 Å². The fourth-order valence-electron chi connectivity index (χ4n) is 3.38. The number of fused-ring (bicyclic) bond motifs is 1. The van der Waals surface area contributed by atoms with Gasteiger partial charge in [-0.1, -0.05) is 23.9 Å². The van der Waals surface area contributed by atoms with Crippen molar-refractivity contribution in [2.75, 3.05) is 5.32 Å². The number of carboxylic acid groups (broad SMARTS) is 1. The lowest BCUT2D eigenvalue weighted by Crippen LogP contribution is -2.07. The summed E-state index contributed by atoms with van der Waals surface area (Å²) in [5.41, 5.74) is 1.24. The predicted octanol–water partition coefficient (Wildman–Crippen LogP) is 6.12. The van der Waals surface area contributed by atoms with Gasteiger partial charge in [0.25, 0.3) is 5.69 Å². The third-order valence-corrected chi connectivity index (χ3v) is 5.76. The van der Waals surface area contributed by atoms with Crippen LogP contribution in [0, 0.1) is 21.7 Å². The van der Waals surface area contributed by atoms with Crippen molar-refractivity contribution < 1.29 is 23.6 Å². The van der Waals surface area contributed by atoms with Crippen molar-refractivity contribution in [1.29, 1.82) is 0 Å². The first-order valence-electron chi connectivity index (χ1n) is 9.29. The number of nitro benzene ring substituents is 1. The monoisotopic (exact) mass is 455 g/mol. The number of hydrogen-bond donors (Lipinski definition) is 2. The molecule has 4 rings (SSSR count). The number of hydrogen-bond acceptors (Lipinski definition) is 4. The normalized spacial score (nSPS) is 10.9. The molecule has 2 N–H and O–H groups in total. The van der Waals surface area contributed by atoms with Crippen LogP contribution in [0.1, 0.15) is 5.56 Å². The third-order valence-electron chi connectivity index (χ3n) is 4.65. The van der Waals surface area contributed by atoms with E-state index >= 15 is 0 Å². The Bertz CT molecular complexity index is 1340. The van der Waals surface area contributed by atoms with Crippen molar-refractivity contribution in [3.05, 3.63) is 94.2 Å². The number of nitrogens with one attached hydrogen (secondary N) is 1. The van der Waals surface area contributed by atoms with Gasteiger partial charge in [-0.2, -0.15) is 0 Å². The molecule has 0 aliphatic rings. The van der Waals surface area contributed by atoms with Gasteiger partial charge in [0.2, 0.25) is 0 Å². The lowest BCUT2D eigenvalue weighted by atomic mass is 10.2. The van der Waals surface area contributed by atoms with Crippen LogP contribution in [-0.4, -0.2) is 20.7 Å². The van der Waals surface area contributed by atoms with Gasteiger partial charge in [0, 0.05) is 40.8 Å². The van der Waals surface area contributed by atoms with Crippen LogP contribution in [0.15, 0.2) is 76.7 Å². The summed E-state index contributed by atoms with van der Waals surface area (Å²) in [5.74, 6) is -1.42. The molecule has 32 heavy (non-hydrogen) atoms. The number of benzene rings is 3. The highest BCUT2D eigenvalue weighted by molar-refractivity contribution is 7.99. The van der Waals surface area contributed by atoms with E-state index in [4.69, 9.17) is 5.11 Å². The summed E-state index contributed by atoms with van der Waals surface area (Å²) in [6.07, 6.45) is 0.489. The first kappa shape index (κ1) is 21.3. The fraction of sp³-hybridized carbons (Fsp3) is 0.0455. The second kappa shape index (κ2) is 8.67. The van der Waals surface area contributed by atoms with Gasteiger partial charge in [-0.05, 0) is 42.0 Å². The second-order valence-corrected chi connectivity index (χ2v) is 7.97. The van der Waals surface area contributed by atoms with E-state index in [2.05, 4.69) is 5.32 Å². The van der Waals surface area contributed by atoms with E-state index in [0.717, 1.165) is 6.07 Å². The highest BCUT2D eigenvalue weighted by Crippen LogP contribution is 2.40. The van der Waals surface area contributed by atoms with Gasteiger partial charge >= 0.3 is 6.09 Å². The van der Waals surface area contributed by atoms with E-state index in [9.17, 15) is 23.7 Å². The fourth-order valence-corrected chi connectivity index (χ4v) is 4.48. The van der Waals surface area contributed by atoms with Gasteiger partial charge < -0.3 is 9.67 Å². The first-order valence-corrected chi connectivity index (χ1v) is 10.1.